The molecule has 1 saturated carbocycles. The fraction of sp³-hybridized carbons (Fsp3) is 0.556. The number of nitrogens with zero attached hydrogens (tertiary/aromatic N) is 2. The van der Waals surface area contributed by atoms with Crippen LogP contribution >= 0.6 is 22.9 Å². The molecular formula is C9H11ClN2OS. The third-order valence-electron chi connectivity index (χ3n) is 2.28. The summed E-state index contributed by atoms with van der Waals surface area (Å²) in [6.45, 7) is 3.01. The molecule has 0 bridgehead atoms. The number of halogens is 1. The number of aldehydes is 1. The molecule has 0 radical (unpaired) electrons. The van der Waals surface area contributed by atoms with Crippen molar-refractivity contribution in [2.24, 2.45) is 0 Å². The maximum absolute atomic E-state index is 10.6. The highest BCUT2D eigenvalue weighted by molar-refractivity contribution is 7.17. The van der Waals surface area contributed by atoms with Crippen molar-refractivity contribution in [3.63, 3.8) is 0 Å². The average Bonchev–Trinajstić information content (AvgIpc) is 2.92. The van der Waals surface area contributed by atoms with Crippen molar-refractivity contribution in [2.45, 2.75) is 25.8 Å². The summed E-state index contributed by atoms with van der Waals surface area (Å²) in [5.41, 5.74) is 0. The monoisotopic (exact) mass is 230 g/mol. The number of carbonyl (C=O) groups is 1. The predicted octanol–water partition coefficient (Wildman–Crippen LogP) is 2.60. The molecule has 1 aliphatic carbocycles. The van der Waals surface area contributed by atoms with Crippen LogP contribution < -0.4 is 4.90 Å². The molecule has 0 aromatic carbocycles. The van der Waals surface area contributed by atoms with Gasteiger partial charge in [-0.2, -0.15) is 0 Å². The van der Waals surface area contributed by atoms with Gasteiger partial charge in [-0.3, -0.25) is 4.79 Å². The van der Waals surface area contributed by atoms with Gasteiger partial charge in [-0.15, -0.1) is 0 Å². The summed E-state index contributed by atoms with van der Waals surface area (Å²) in [5, 5.41) is 1.21. The number of carbonyl (C=O) groups excluding carboxylic acids is 1. The highest BCUT2D eigenvalue weighted by atomic mass is 35.5. The van der Waals surface area contributed by atoms with E-state index in [1.807, 2.05) is 0 Å². The fourth-order valence-electron chi connectivity index (χ4n) is 1.43. The fourth-order valence-corrected chi connectivity index (χ4v) is 2.63. The molecule has 5 heteroatoms. The molecule has 2 rings (SSSR count). The van der Waals surface area contributed by atoms with Gasteiger partial charge in [0.2, 0.25) is 0 Å². The van der Waals surface area contributed by atoms with Gasteiger partial charge in [0, 0.05) is 12.6 Å². The largest absolute Gasteiger partial charge is 0.345 e. The van der Waals surface area contributed by atoms with Crippen LogP contribution in [0.1, 0.15) is 29.4 Å². The Morgan fingerprint density at radius 1 is 1.71 bits per heavy atom. The van der Waals surface area contributed by atoms with Crippen LogP contribution in [0.25, 0.3) is 0 Å². The van der Waals surface area contributed by atoms with Gasteiger partial charge in [0.15, 0.2) is 16.6 Å². The first kappa shape index (κ1) is 9.93. The Morgan fingerprint density at radius 2 is 2.43 bits per heavy atom. The predicted molar refractivity (Wildman–Crippen MR) is 58.6 cm³/mol. The zero-order valence-corrected chi connectivity index (χ0v) is 9.44. The lowest BCUT2D eigenvalue weighted by molar-refractivity contribution is 0.112. The third kappa shape index (κ3) is 1.77. The number of aromatic nitrogens is 1. The molecule has 76 valence electrons. The van der Waals surface area contributed by atoms with Crippen LogP contribution in [0.5, 0.6) is 0 Å². The summed E-state index contributed by atoms with van der Waals surface area (Å²) in [5.74, 6) is 0. The van der Waals surface area contributed by atoms with E-state index < -0.39 is 0 Å². The summed E-state index contributed by atoms with van der Waals surface area (Å²) in [6.07, 6.45) is 3.22. The van der Waals surface area contributed by atoms with Gasteiger partial charge >= 0.3 is 0 Å². The quantitative estimate of drug-likeness (QED) is 0.746. The number of hydrogen-bond donors (Lipinski definition) is 0. The number of anilines is 1. The summed E-state index contributed by atoms with van der Waals surface area (Å²) < 4.78 is 0. The van der Waals surface area contributed by atoms with Gasteiger partial charge in [-0.25, -0.2) is 4.98 Å². The Hall–Kier alpha value is -0.610. The summed E-state index contributed by atoms with van der Waals surface area (Å²) in [7, 11) is 0. The molecule has 0 N–H and O–H groups in total. The molecule has 1 heterocycles. The minimum Gasteiger partial charge on any atom is -0.345 e. The van der Waals surface area contributed by atoms with E-state index >= 15 is 0 Å². The molecule has 14 heavy (non-hydrogen) atoms. The van der Waals surface area contributed by atoms with Crippen molar-refractivity contribution in [3.05, 3.63) is 10.0 Å². The second-order valence-corrected chi connectivity index (χ2v) is 4.65. The average molecular weight is 231 g/mol. The molecule has 1 aromatic rings. The molecule has 0 spiro atoms. The molecule has 1 aliphatic rings. The zero-order chi connectivity index (χ0) is 10.1. The lowest BCUT2D eigenvalue weighted by atomic mass is 10.5. The van der Waals surface area contributed by atoms with E-state index in [4.69, 9.17) is 11.6 Å². The minimum absolute atomic E-state index is 0.333. The molecule has 3 nitrogen and oxygen atoms in total. The van der Waals surface area contributed by atoms with E-state index in [2.05, 4.69) is 16.8 Å². The first-order valence-corrected chi connectivity index (χ1v) is 5.83. The lowest BCUT2D eigenvalue weighted by Crippen LogP contribution is -2.24. The van der Waals surface area contributed by atoms with E-state index in [0.29, 0.717) is 16.1 Å². The number of rotatable bonds is 4. The summed E-state index contributed by atoms with van der Waals surface area (Å²) in [6, 6.07) is 0.613. The second kappa shape index (κ2) is 3.87. The van der Waals surface area contributed by atoms with Gasteiger partial charge in [0.1, 0.15) is 4.88 Å². The zero-order valence-electron chi connectivity index (χ0n) is 7.86. The standard InChI is InChI=1S/C9H11ClN2OS/c1-2-12(6-3-4-6)9-11-8(10)7(5-13)14-9/h5-6H,2-4H2,1H3. The topological polar surface area (TPSA) is 33.2 Å². The molecule has 1 fully saturated rings. The highest BCUT2D eigenvalue weighted by Gasteiger charge is 2.30. The third-order valence-corrected chi connectivity index (χ3v) is 3.70. The first-order chi connectivity index (χ1) is 6.76. The first-order valence-electron chi connectivity index (χ1n) is 4.64. The van der Waals surface area contributed by atoms with Gasteiger partial charge < -0.3 is 4.90 Å². The second-order valence-electron chi connectivity index (χ2n) is 3.29. The maximum Gasteiger partial charge on any atom is 0.187 e. The molecule has 1 aromatic heterocycles. The van der Waals surface area contributed by atoms with E-state index in [1.54, 1.807) is 0 Å². The Kier molecular flexibility index (Phi) is 2.74. The van der Waals surface area contributed by atoms with Crippen molar-refractivity contribution in [1.29, 1.82) is 0 Å². The van der Waals surface area contributed by atoms with Crippen LogP contribution in [0.4, 0.5) is 5.13 Å². The van der Waals surface area contributed by atoms with E-state index in [9.17, 15) is 4.79 Å². The van der Waals surface area contributed by atoms with E-state index in [1.165, 1.54) is 24.2 Å². The van der Waals surface area contributed by atoms with Gasteiger partial charge in [-0.1, -0.05) is 22.9 Å². The van der Waals surface area contributed by atoms with E-state index in [-0.39, 0.29) is 0 Å². The SMILES string of the molecule is CCN(c1nc(Cl)c(C=O)s1)C1CC1. The highest BCUT2D eigenvalue weighted by Crippen LogP contribution is 2.35. The van der Waals surface area contributed by atoms with Gasteiger partial charge in [-0.05, 0) is 19.8 Å². The van der Waals surface area contributed by atoms with Crippen molar-refractivity contribution < 1.29 is 4.79 Å². The van der Waals surface area contributed by atoms with Crippen LogP contribution in [0.15, 0.2) is 0 Å². The Bertz CT molecular complexity index is 349. The van der Waals surface area contributed by atoms with Crippen molar-refractivity contribution in [3.8, 4) is 0 Å². The summed E-state index contributed by atoms with van der Waals surface area (Å²) in [4.78, 5) is 17.5. The molecular weight excluding hydrogens is 220 g/mol. The smallest absolute Gasteiger partial charge is 0.187 e. The molecule has 0 amide bonds. The van der Waals surface area contributed by atoms with Crippen LogP contribution in [0.2, 0.25) is 5.15 Å². The molecule has 0 saturated heterocycles. The minimum atomic E-state index is 0.333. The van der Waals surface area contributed by atoms with Crippen molar-refractivity contribution in [2.75, 3.05) is 11.4 Å². The van der Waals surface area contributed by atoms with Crippen LogP contribution in [0, 0.1) is 0 Å². The summed E-state index contributed by atoms with van der Waals surface area (Å²) >= 11 is 7.19. The number of thiazole rings is 1. The molecule has 0 aliphatic heterocycles. The Balaban J connectivity index is 2.25. The van der Waals surface area contributed by atoms with Crippen molar-refractivity contribution in [1.82, 2.24) is 4.98 Å². The van der Waals surface area contributed by atoms with Crippen molar-refractivity contribution >= 4 is 34.4 Å². The Morgan fingerprint density at radius 3 is 2.86 bits per heavy atom. The van der Waals surface area contributed by atoms with Gasteiger partial charge in [0.05, 0.1) is 0 Å². The number of hydrogen-bond acceptors (Lipinski definition) is 4. The van der Waals surface area contributed by atoms with Crippen LogP contribution in [0.3, 0.4) is 0 Å². The molecule has 0 atom stereocenters. The van der Waals surface area contributed by atoms with Crippen LogP contribution in [-0.4, -0.2) is 23.9 Å². The molecule has 0 unspecified atom stereocenters. The van der Waals surface area contributed by atoms with Gasteiger partial charge in [0.25, 0.3) is 0 Å². The van der Waals surface area contributed by atoms with E-state index in [0.717, 1.165) is 18.0 Å². The maximum atomic E-state index is 10.6. The van der Waals surface area contributed by atoms with Crippen LogP contribution in [-0.2, 0) is 0 Å². The normalized spacial score (nSPS) is 15.6. The Labute approximate surface area is 91.7 Å². The lowest BCUT2D eigenvalue weighted by Gasteiger charge is -2.18.